The molecule has 0 aliphatic rings. The maximum Gasteiger partial charge on any atom is 0.220 e. The molecule has 0 aromatic carbocycles. The van der Waals surface area contributed by atoms with Gasteiger partial charge in [0.15, 0.2) is 0 Å². The highest BCUT2D eigenvalue weighted by atomic mass is 16.3. The normalized spacial score (nSPS) is 13.4. The van der Waals surface area contributed by atoms with Crippen molar-refractivity contribution >= 4 is 5.91 Å². The number of hydrogen-bond acceptors (Lipinski definition) is 3. The molecule has 58 heavy (non-hydrogen) atoms. The lowest BCUT2D eigenvalue weighted by molar-refractivity contribution is -0.123. The molecular formula is C54H99NO3. The first-order valence-corrected chi connectivity index (χ1v) is 25.5. The van der Waals surface area contributed by atoms with Crippen molar-refractivity contribution in [1.82, 2.24) is 5.32 Å². The molecule has 0 heterocycles. The van der Waals surface area contributed by atoms with E-state index in [2.05, 4.69) is 67.8 Å². The van der Waals surface area contributed by atoms with Gasteiger partial charge in [-0.05, 0) is 64.2 Å². The minimum absolute atomic E-state index is 0.0842. The second-order valence-corrected chi connectivity index (χ2v) is 17.2. The third-order valence-electron chi connectivity index (χ3n) is 11.5. The van der Waals surface area contributed by atoms with Gasteiger partial charge in [0, 0.05) is 6.42 Å². The lowest BCUT2D eigenvalue weighted by Gasteiger charge is -2.19. The van der Waals surface area contributed by atoms with E-state index in [1.165, 1.54) is 173 Å². The van der Waals surface area contributed by atoms with E-state index in [9.17, 15) is 15.0 Å². The third kappa shape index (κ3) is 45.2. The molecule has 2 unspecified atom stereocenters. The number of unbranched alkanes of at least 4 members (excludes halogenated alkanes) is 31. The smallest absolute Gasteiger partial charge is 0.220 e. The molecule has 1 amide bonds. The number of amides is 1. The van der Waals surface area contributed by atoms with Crippen LogP contribution in [0.4, 0.5) is 0 Å². The van der Waals surface area contributed by atoms with Crippen molar-refractivity contribution < 1.29 is 15.0 Å². The lowest BCUT2D eigenvalue weighted by atomic mass is 10.0. The highest BCUT2D eigenvalue weighted by Gasteiger charge is 2.17. The Labute approximate surface area is 362 Å². The molecule has 3 N–H and O–H groups in total. The number of hydrogen-bond donors (Lipinski definition) is 3. The zero-order valence-corrected chi connectivity index (χ0v) is 38.8. The maximum absolute atomic E-state index is 12.4. The maximum atomic E-state index is 12.4. The fourth-order valence-corrected chi connectivity index (χ4v) is 7.62. The first-order valence-electron chi connectivity index (χ1n) is 25.5. The Morgan fingerprint density at radius 3 is 1.21 bits per heavy atom. The second-order valence-electron chi connectivity index (χ2n) is 17.2. The van der Waals surface area contributed by atoms with E-state index in [4.69, 9.17) is 0 Å². The zero-order chi connectivity index (χ0) is 42.1. The van der Waals surface area contributed by atoms with E-state index in [0.717, 1.165) is 64.2 Å². The minimum atomic E-state index is -0.869. The summed E-state index contributed by atoms with van der Waals surface area (Å²) in [5.41, 5.74) is 0. The number of aliphatic hydroxyl groups excluding tert-OH is 2. The van der Waals surface area contributed by atoms with E-state index in [1.54, 1.807) is 6.08 Å². The molecule has 0 radical (unpaired) electrons. The molecule has 4 heteroatoms. The summed E-state index contributed by atoms with van der Waals surface area (Å²) in [5, 5.41) is 23.1. The van der Waals surface area contributed by atoms with Crippen LogP contribution < -0.4 is 5.32 Å². The van der Waals surface area contributed by atoms with Gasteiger partial charge in [0.1, 0.15) is 0 Å². The van der Waals surface area contributed by atoms with Crippen molar-refractivity contribution in [3.8, 4) is 0 Å². The largest absolute Gasteiger partial charge is 0.394 e. The van der Waals surface area contributed by atoms with Gasteiger partial charge in [-0.3, -0.25) is 4.79 Å². The topological polar surface area (TPSA) is 69.6 Å². The number of carbonyl (C=O) groups is 1. The minimum Gasteiger partial charge on any atom is -0.394 e. The molecule has 2 atom stereocenters. The third-order valence-corrected chi connectivity index (χ3v) is 11.5. The lowest BCUT2D eigenvalue weighted by Crippen LogP contribution is -2.45. The Morgan fingerprint density at radius 1 is 0.431 bits per heavy atom. The molecular weight excluding hydrogens is 711 g/mol. The highest BCUT2D eigenvalue weighted by molar-refractivity contribution is 5.76. The van der Waals surface area contributed by atoms with E-state index < -0.39 is 12.1 Å². The average Bonchev–Trinajstić information content (AvgIpc) is 3.23. The first kappa shape index (κ1) is 56.1. The molecule has 0 aliphatic heterocycles. The predicted octanol–water partition coefficient (Wildman–Crippen LogP) is 16.5. The van der Waals surface area contributed by atoms with Gasteiger partial charge >= 0.3 is 0 Å². The van der Waals surface area contributed by atoms with Crippen LogP contribution in [-0.2, 0) is 4.79 Å². The monoisotopic (exact) mass is 810 g/mol. The molecule has 0 fully saturated rings. The number of carbonyl (C=O) groups excluding carboxylic acids is 1. The Kier molecular flexibility index (Phi) is 47.8. The summed E-state index contributed by atoms with van der Waals surface area (Å²) in [6, 6.07) is -0.647. The van der Waals surface area contributed by atoms with Gasteiger partial charge in [-0.15, -0.1) is 0 Å². The van der Waals surface area contributed by atoms with Crippen LogP contribution in [0.25, 0.3) is 0 Å². The van der Waals surface area contributed by atoms with Gasteiger partial charge in [0.25, 0.3) is 0 Å². The fourth-order valence-electron chi connectivity index (χ4n) is 7.62. The van der Waals surface area contributed by atoms with Crippen molar-refractivity contribution in [2.45, 2.75) is 270 Å². The molecule has 0 aliphatic carbocycles. The Bertz CT molecular complexity index is 965. The van der Waals surface area contributed by atoms with Crippen LogP contribution in [0.3, 0.4) is 0 Å². The van der Waals surface area contributed by atoms with Crippen molar-refractivity contribution in [1.29, 1.82) is 0 Å². The fraction of sp³-hybridized carbons (Fsp3) is 0.796. The van der Waals surface area contributed by atoms with E-state index >= 15 is 0 Å². The van der Waals surface area contributed by atoms with Crippen molar-refractivity contribution in [2.75, 3.05) is 6.61 Å². The molecule has 0 saturated heterocycles. The highest BCUT2D eigenvalue weighted by Crippen LogP contribution is 2.16. The molecule has 0 spiro atoms. The van der Waals surface area contributed by atoms with Gasteiger partial charge in [-0.2, -0.15) is 0 Å². The Balaban J connectivity index is 3.54. The Hall–Kier alpha value is -1.91. The summed E-state index contributed by atoms with van der Waals surface area (Å²) >= 11 is 0. The van der Waals surface area contributed by atoms with E-state index in [1.807, 2.05) is 6.08 Å². The van der Waals surface area contributed by atoms with Gasteiger partial charge in [0.2, 0.25) is 5.91 Å². The van der Waals surface area contributed by atoms with Gasteiger partial charge in [-0.25, -0.2) is 0 Å². The van der Waals surface area contributed by atoms with Crippen LogP contribution in [-0.4, -0.2) is 34.9 Å². The van der Waals surface area contributed by atoms with Gasteiger partial charge in [0.05, 0.1) is 18.8 Å². The predicted molar refractivity (Wildman–Crippen MR) is 258 cm³/mol. The molecule has 0 saturated carbocycles. The van der Waals surface area contributed by atoms with Gasteiger partial charge < -0.3 is 15.5 Å². The standard InChI is InChI=1S/C54H99NO3/c1-3-5-7-9-11-13-15-17-19-21-22-23-24-25-26-27-28-29-30-31-32-34-35-37-39-41-43-45-47-49-53(57)52(51-56)55-54(58)50-48-46-44-42-40-38-36-33-20-18-16-14-12-10-8-6-4-2/h6,8,12,14,18,20,39,41,47,49,52-53,56-57H,3-5,7,9-11,13,15-17,19,21-38,40,42-46,48,50-51H2,1-2H3,(H,55,58)/b8-6-,14-12-,20-18-,41-39+,49-47+. The van der Waals surface area contributed by atoms with Crippen LogP contribution in [0.15, 0.2) is 60.8 Å². The Morgan fingerprint density at radius 2 is 0.776 bits per heavy atom. The number of nitrogens with one attached hydrogen (secondary N) is 1. The molecule has 338 valence electrons. The zero-order valence-electron chi connectivity index (χ0n) is 38.8. The summed E-state index contributed by atoms with van der Waals surface area (Å²) in [7, 11) is 0. The summed E-state index contributed by atoms with van der Waals surface area (Å²) in [4.78, 5) is 12.4. The molecule has 0 rings (SSSR count). The van der Waals surface area contributed by atoms with Crippen LogP contribution in [0, 0.1) is 0 Å². The van der Waals surface area contributed by atoms with E-state index in [0.29, 0.717) is 6.42 Å². The number of aliphatic hydroxyl groups is 2. The van der Waals surface area contributed by atoms with Crippen LogP contribution >= 0.6 is 0 Å². The first-order chi connectivity index (χ1) is 28.7. The molecule has 0 aromatic rings. The summed E-state index contributed by atoms with van der Waals surface area (Å²) < 4.78 is 0. The summed E-state index contributed by atoms with van der Waals surface area (Å²) in [5.74, 6) is -0.0842. The van der Waals surface area contributed by atoms with Crippen molar-refractivity contribution in [2.24, 2.45) is 0 Å². The average molecular weight is 810 g/mol. The SMILES string of the molecule is CC/C=C\C/C=C\C/C=C\CCCCCCCCCC(=O)NC(CO)C(O)/C=C/CC/C=C/CCCCCCCCCCCCCCCCCCCCCCCCC. The van der Waals surface area contributed by atoms with Crippen LogP contribution in [0.2, 0.25) is 0 Å². The quantitative estimate of drug-likeness (QED) is 0.0424. The van der Waals surface area contributed by atoms with Crippen LogP contribution in [0.5, 0.6) is 0 Å². The number of rotatable bonds is 46. The summed E-state index contributed by atoms with van der Waals surface area (Å²) in [6.07, 6.45) is 69.4. The molecule has 4 nitrogen and oxygen atoms in total. The van der Waals surface area contributed by atoms with Crippen molar-refractivity contribution in [3.05, 3.63) is 60.8 Å². The van der Waals surface area contributed by atoms with Crippen molar-refractivity contribution in [3.63, 3.8) is 0 Å². The summed E-state index contributed by atoms with van der Waals surface area (Å²) in [6.45, 7) is 4.20. The van der Waals surface area contributed by atoms with Crippen LogP contribution in [0.1, 0.15) is 258 Å². The second kappa shape index (κ2) is 49.5. The van der Waals surface area contributed by atoms with Gasteiger partial charge in [-0.1, -0.05) is 248 Å². The molecule has 0 aromatic heterocycles. The van der Waals surface area contributed by atoms with E-state index in [-0.39, 0.29) is 12.5 Å². The molecule has 0 bridgehead atoms. The number of allylic oxidation sites excluding steroid dienone is 9.